The fourth-order valence-electron chi connectivity index (χ4n) is 3.26. The van der Waals surface area contributed by atoms with E-state index in [0.717, 1.165) is 5.56 Å². The summed E-state index contributed by atoms with van der Waals surface area (Å²) in [4.78, 5) is 0. The maximum atomic E-state index is 8.70. The summed E-state index contributed by atoms with van der Waals surface area (Å²) in [6, 6.07) is 35.0. The van der Waals surface area contributed by atoms with Gasteiger partial charge in [0.25, 0.3) is 0 Å². The van der Waals surface area contributed by atoms with Crippen molar-refractivity contribution >= 4 is 23.3 Å². The van der Waals surface area contributed by atoms with Gasteiger partial charge in [-0.25, -0.2) is 0 Å². The van der Waals surface area contributed by atoms with Crippen molar-refractivity contribution in [2.75, 3.05) is 0 Å². The number of benzene rings is 2. The minimum Gasteiger partial charge on any atom is -0.684 e. The molecule has 0 saturated carbocycles. The van der Waals surface area contributed by atoms with Gasteiger partial charge in [-0.2, -0.15) is 29.9 Å². The van der Waals surface area contributed by atoms with E-state index in [0.29, 0.717) is 5.56 Å². The first-order valence-corrected chi connectivity index (χ1v) is 10.4. The first kappa shape index (κ1) is 24.9. The molecule has 0 aliphatic rings. The van der Waals surface area contributed by atoms with E-state index in [-0.39, 0.29) is 17.1 Å². The molecule has 0 bridgehead atoms. The van der Waals surface area contributed by atoms with Gasteiger partial charge in [0.15, 0.2) is 0 Å². The fraction of sp³-hybridized carbons (Fsp3) is 0.100. The Morgan fingerprint density at radius 3 is 1.84 bits per heavy atom. The molecule has 0 heterocycles. The third kappa shape index (κ3) is 7.40. The van der Waals surface area contributed by atoms with Crippen LogP contribution in [0.5, 0.6) is 0 Å². The first-order chi connectivity index (χ1) is 15.0. The zero-order valence-electron chi connectivity index (χ0n) is 18.7. The number of hydrogen-bond acceptors (Lipinski definition) is 1. The first-order valence-electron chi connectivity index (χ1n) is 10.4. The van der Waals surface area contributed by atoms with Crippen molar-refractivity contribution in [1.82, 2.24) is 0 Å². The molecule has 2 heteroatoms. The van der Waals surface area contributed by atoms with Crippen molar-refractivity contribution < 1.29 is 17.1 Å². The zero-order valence-corrected chi connectivity index (χ0v) is 19.8. The third-order valence-electron chi connectivity index (χ3n) is 5.12. The van der Waals surface area contributed by atoms with Crippen LogP contribution in [0.2, 0.25) is 0 Å². The molecule has 0 aliphatic carbocycles. The molecule has 1 nitrogen and oxygen atoms in total. The second-order valence-electron chi connectivity index (χ2n) is 7.65. The van der Waals surface area contributed by atoms with Crippen molar-refractivity contribution in [3.8, 4) is 6.07 Å². The van der Waals surface area contributed by atoms with E-state index in [2.05, 4.69) is 99.7 Å². The van der Waals surface area contributed by atoms with Gasteiger partial charge in [-0.05, 0) is 19.1 Å². The van der Waals surface area contributed by atoms with Crippen LogP contribution in [0.1, 0.15) is 47.2 Å². The number of aryl methyl sites for hydroxylation is 1. The van der Waals surface area contributed by atoms with Gasteiger partial charge >= 0.3 is 0 Å². The van der Waals surface area contributed by atoms with E-state index in [9.17, 15) is 0 Å². The van der Waals surface area contributed by atoms with E-state index in [4.69, 9.17) is 5.26 Å². The van der Waals surface area contributed by atoms with E-state index < -0.39 is 0 Å². The molecule has 0 aliphatic heterocycles. The molecule has 0 unspecified atom stereocenters. The van der Waals surface area contributed by atoms with E-state index in [1.54, 1.807) is 0 Å². The Balaban J connectivity index is 0.000000220. The molecule has 166 valence electrons. The molecule has 0 fully saturated rings. The molecular formula is C30H27FeN-6. The van der Waals surface area contributed by atoms with E-state index in [1.165, 1.54) is 33.4 Å². The van der Waals surface area contributed by atoms with Crippen LogP contribution in [0.25, 0.3) is 23.3 Å². The van der Waals surface area contributed by atoms with Crippen LogP contribution >= 0.6 is 0 Å². The van der Waals surface area contributed by atoms with Crippen LogP contribution in [0, 0.1) is 18.3 Å². The fourth-order valence-corrected chi connectivity index (χ4v) is 3.26. The molecule has 0 N–H and O–H groups in total. The monoisotopic (exact) mass is 457 g/mol. The second kappa shape index (κ2) is 12.5. The van der Waals surface area contributed by atoms with Crippen molar-refractivity contribution in [2.45, 2.75) is 20.8 Å². The van der Waals surface area contributed by atoms with Gasteiger partial charge in [-0.15, -0.1) is 29.3 Å². The molecule has 0 radical (unpaired) electrons. The summed E-state index contributed by atoms with van der Waals surface area (Å²) in [5, 5.41) is 8.70. The van der Waals surface area contributed by atoms with Crippen LogP contribution in [-0.4, -0.2) is 0 Å². The molecule has 0 aromatic heterocycles. The normalized spacial score (nSPS) is 11.1. The van der Waals surface area contributed by atoms with Crippen LogP contribution in [0.3, 0.4) is 0 Å². The Labute approximate surface area is 202 Å². The average molecular weight is 457 g/mol. The van der Waals surface area contributed by atoms with Gasteiger partial charge in [-0.1, -0.05) is 54.4 Å². The number of hydrogen-bond donors (Lipinski definition) is 0. The number of rotatable bonds is 4. The second-order valence-corrected chi connectivity index (χ2v) is 7.65. The predicted octanol–water partition coefficient (Wildman–Crippen LogP) is 8.11. The molecule has 4 aromatic rings. The van der Waals surface area contributed by atoms with Gasteiger partial charge in [0.05, 0.1) is 11.6 Å². The van der Waals surface area contributed by atoms with Crippen LogP contribution in [0.15, 0.2) is 97.1 Å². The Morgan fingerprint density at radius 2 is 1.31 bits per heavy atom. The average Bonchev–Trinajstić information content (AvgIpc) is 3.51. The number of nitriles is 1. The molecule has 0 spiro atoms. The molecule has 32 heavy (non-hydrogen) atoms. The molecule has 4 aromatic carbocycles. The topological polar surface area (TPSA) is 23.8 Å². The van der Waals surface area contributed by atoms with Gasteiger partial charge in [0, 0.05) is 17.1 Å². The summed E-state index contributed by atoms with van der Waals surface area (Å²) < 4.78 is 0. The van der Waals surface area contributed by atoms with Gasteiger partial charge in [0.1, 0.15) is 0 Å². The van der Waals surface area contributed by atoms with Crippen LogP contribution in [-0.2, 0) is 17.1 Å². The van der Waals surface area contributed by atoms with Crippen molar-refractivity contribution in [2.24, 2.45) is 0 Å². The quantitative estimate of drug-likeness (QED) is 0.224. The summed E-state index contributed by atoms with van der Waals surface area (Å²) in [5.41, 5.74) is 9.47. The number of allylic oxidation sites excluding steroid dienone is 2. The summed E-state index contributed by atoms with van der Waals surface area (Å²) in [6.07, 6.45) is 4.34. The van der Waals surface area contributed by atoms with Crippen molar-refractivity contribution in [3.63, 3.8) is 0 Å². The minimum atomic E-state index is 0. The maximum Gasteiger partial charge on any atom is 0.0991 e. The summed E-state index contributed by atoms with van der Waals surface area (Å²) >= 11 is 0. The van der Waals surface area contributed by atoms with E-state index in [1.807, 2.05) is 36.4 Å². The zero-order chi connectivity index (χ0) is 22.1. The predicted molar refractivity (Wildman–Crippen MR) is 133 cm³/mol. The smallest absolute Gasteiger partial charge is 0.0991 e. The van der Waals surface area contributed by atoms with Crippen molar-refractivity contribution in [3.05, 3.63) is 130 Å². The molecule has 0 amide bonds. The van der Waals surface area contributed by atoms with Crippen LogP contribution < -0.4 is 0 Å². The molecule has 0 atom stereocenters. The van der Waals surface area contributed by atoms with Gasteiger partial charge < -0.3 is 41.5 Å². The summed E-state index contributed by atoms with van der Waals surface area (Å²) in [6.45, 7) is 6.35. The number of nitrogens with zero attached hydrogens (tertiary/aromatic N) is 1. The molecular weight excluding hydrogens is 430 g/mol. The Kier molecular flexibility index (Phi) is 9.71. The van der Waals surface area contributed by atoms with Crippen molar-refractivity contribution in [1.29, 1.82) is 5.26 Å². The molecule has 4 rings (SSSR count). The standard InChI is InChI=1S/C15H12N.C15H15.Fe/c1-12(15-4-2-3-5-15)10-13-6-8-14(11-16)9-7-13;1-12-7-9-14(10-8-12)11-13(2)15-5-3-4-6-15;/h2-10H,1H3;3-11H,1-2H3;/q-5;-1;. The Bertz CT molecular complexity index is 1170. The Morgan fingerprint density at radius 1 is 0.812 bits per heavy atom. The van der Waals surface area contributed by atoms with Gasteiger partial charge in [0.2, 0.25) is 0 Å². The largest absolute Gasteiger partial charge is 0.684 e. The minimum absolute atomic E-state index is 0. The van der Waals surface area contributed by atoms with E-state index >= 15 is 0 Å². The Hall–Kier alpha value is -3.37. The summed E-state index contributed by atoms with van der Waals surface area (Å²) in [7, 11) is 0. The van der Waals surface area contributed by atoms with Gasteiger partial charge in [-0.3, -0.25) is 0 Å². The SMILES string of the molecule is CC(=Cc1ccc(C#N)cc1)[c-]1[cH-][cH-][cH-][cH-]1.CC(=Cc1ccc(C)cc1)[c-]1cccc1.[Fe]. The summed E-state index contributed by atoms with van der Waals surface area (Å²) in [5.74, 6) is 0. The molecule has 0 saturated heterocycles. The third-order valence-corrected chi connectivity index (χ3v) is 5.12. The maximum absolute atomic E-state index is 8.70. The van der Waals surface area contributed by atoms with Crippen LogP contribution in [0.4, 0.5) is 0 Å².